The summed E-state index contributed by atoms with van der Waals surface area (Å²) in [4.78, 5) is 12.4. The molecule has 8 nitrogen and oxygen atoms in total. The fourth-order valence-corrected chi connectivity index (χ4v) is 4.61. The lowest BCUT2D eigenvalue weighted by Gasteiger charge is -2.39. The van der Waals surface area contributed by atoms with Crippen molar-refractivity contribution in [3.05, 3.63) is 29.3 Å². The number of benzene rings is 1. The van der Waals surface area contributed by atoms with Crippen LogP contribution in [0.3, 0.4) is 0 Å². The van der Waals surface area contributed by atoms with Gasteiger partial charge in [-0.25, -0.2) is 4.98 Å². The van der Waals surface area contributed by atoms with Crippen LogP contribution in [-0.2, 0) is 0 Å². The number of ether oxygens (including phenoxy) is 2. The zero-order valence-corrected chi connectivity index (χ0v) is 18.8. The third-order valence-electron chi connectivity index (χ3n) is 6.37. The number of aliphatic hydroxyl groups excluding tert-OH is 1. The lowest BCUT2D eigenvalue weighted by Crippen LogP contribution is -2.61. The van der Waals surface area contributed by atoms with E-state index in [9.17, 15) is 5.11 Å². The van der Waals surface area contributed by atoms with Crippen LogP contribution in [0.2, 0.25) is 5.02 Å². The molecule has 1 saturated heterocycles. The van der Waals surface area contributed by atoms with E-state index in [2.05, 4.69) is 27.2 Å². The standard InChI is InChI=1S/C23H28ClN5O3/c1-23(11-26-12-23)32-19-7-4-14(8-17(19)25)20-16(24)9-18-21(28-20)29-22(27-18)31-15-5-2-13(10-30)3-6-15/h4,7-9,13,15,26,30H,2-3,5-6,10-12,25H2,1H3,(H,27,28,29)/t13-,15-. The first-order valence-electron chi connectivity index (χ1n) is 11.1. The highest BCUT2D eigenvalue weighted by Crippen LogP contribution is 2.35. The lowest BCUT2D eigenvalue weighted by molar-refractivity contribution is 0.0356. The summed E-state index contributed by atoms with van der Waals surface area (Å²) in [6.07, 6.45) is 3.83. The summed E-state index contributed by atoms with van der Waals surface area (Å²) >= 11 is 6.55. The lowest BCUT2D eigenvalue weighted by atomic mass is 9.88. The molecule has 32 heavy (non-hydrogen) atoms. The van der Waals surface area contributed by atoms with Crippen molar-refractivity contribution in [1.82, 2.24) is 20.3 Å². The van der Waals surface area contributed by atoms with Gasteiger partial charge < -0.3 is 30.6 Å². The quantitative estimate of drug-likeness (QED) is 0.418. The van der Waals surface area contributed by atoms with E-state index >= 15 is 0 Å². The molecule has 5 rings (SSSR count). The van der Waals surface area contributed by atoms with Crippen LogP contribution in [-0.4, -0.2) is 51.5 Å². The van der Waals surface area contributed by atoms with Gasteiger partial charge in [0, 0.05) is 25.3 Å². The van der Waals surface area contributed by atoms with Gasteiger partial charge in [-0.15, -0.1) is 0 Å². The summed E-state index contributed by atoms with van der Waals surface area (Å²) in [5.74, 6) is 1.03. The van der Waals surface area contributed by atoms with Crippen molar-refractivity contribution in [1.29, 1.82) is 0 Å². The molecule has 0 radical (unpaired) electrons. The van der Waals surface area contributed by atoms with Crippen LogP contribution < -0.4 is 20.5 Å². The van der Waals surface area contributed by atoms with E-state index in [1.54, 1.807) is 0 Å². The molecular formula is C23H28ClN5O3. The second-order valence-corrected chi connectivity index (χ2v) is 9.49. The largest absolute Gasteiger partial charge is 0.483 e. The number of rotatable bonds is 6. The van der Waals surface area contributed by atoms with Gasteiger partial charge in [0.2, 0.25) is 0 Å². The fraction of sp³-hybridized carbons (Fsp3) is 0.478. The molecule has 1 saturated carbocycles. The molecule has 5 N–H and O–H groups in total. The first-order valence-corrected chi connectivity index (χ1v) is 11.4. The van der Waals surface area contributed by atoms with Gasteiger partial charge in [-0.2, -0.15) is 4.98 Å². The molecule has 1 aliphatic heterocycles. The summed E-state index contributed by atoms with van der Waals surface area (Å²) in [5, 5.41) is 13.0. The van der Waals surface area contributed by atoms with E-state index in [1.807, 2.05) is 24.3 Å². The molecule has 3 heterocycles. The van der Waals surface area contributed by atoms with E-state index in [-0.39, 0.29) is 18.3 Å². The number of nitrogens with one attached hydrogen (secondary N) is 2. The molecule has 3 aromatic rings. The maximum Gasteiger partial charge on any atom is 0.296 e. The molecule has 0 spiro atoms. The number of nitrogens with zero attached hydrogens (tertiary/aromatic N) is 2. The number of aliphatic hydroxyl groups is 1. The van der Waals surface area contributed by atoms with Crippen LogP contribution in [0.1, 0.15) is 32.6 Å². The van der Waals surface area contributed by atoms with E-state index in [4.69, 9.17) is 26.8 Å². The Labute approximate surface area is 191 Å². The number of aromatic amines is 1. The minimum atomic E-state index is -0.229. The molecule has 0 amide bonds. The molecule has 0 atom stereocenters. The highest BCUT2D eigenvalue weighted by atomic mass is 35.5. The Morgan fingerprint density at radius 1 is 1.19 bits per heavy atom. The average molecular weight is 458 g/mol. The van der Waals surface area contributed by atoms with Gasteiger partial charge in [-0.05, 0) is 62.8 Å². The van der Waals surface area contributed by atoms with Crippen LogP contribution in [0.5, 0.6) is 11.8 Å². The van der Waals surface area contributed by atoms with Crippen molar-refractivity contribution >= 4 is 28.5 Å². The van der Waals surface area contributed by atoms with Crippen LogP contribution >= 0.6 is 11.6 Å². The van der Waals surface area contributed by atoms with Gasteiger partial charge in [-0.3, -0.25) is 0 Å². The zero-order valence-electron chi connectivity index (χ0n) is 18.0. The topological polar surface area (TPSA) is 118 Å². The average Bonchev–Trinajstić information content (AvgIpc) is 3.15. The number of hydrogen-bond donors (Lipinski definition) is 4. The number of hydrogen-bond acceptors (Lipinski definition) is 7. The van der Waals surface area contributed by atoms with Crippen molar-refractivity contribution in [3.63, 3.8) is 0 Å². The first-order chi connectivity index (χ1) is 15.4. The van der Waals surface area contributed by atoms with Crippen molar-refractivity contribution in [3.8, 4) is 23.0 Å². The number of imidazole rings is 1. The van der Waals surface area contributed by atoms with Gasteiger partial charge in [-0.1, -0.05) is 11.6 Å². The summed E-state index contributed by atoms with van der Waals surface area (Å²) < 4.78 is 12.1. The van der Waals surface area contributed by atoms with Crippen LogP contribution in [0, 0.1) is 5.92 Å². The molecule has 1 aromatic carbocycles. The maximum absolute atomic E-state index is 9.31. The van der Waals surface area contributed by atoms with E-state index in [1.165, 1.54) is 0 Å². The molecule has 2 fully saturated rings. The highest BCUT2D eigenvalue weighted by molar-refractivity contribution is 6.33. The zero-order chi connectivity index (χ0) is 22.3. The summed E-state index contributed by atoms with van der Waals surface area (Å²) in [6.45, 7) is 3.89. The van der Waals surface area contributed by atoms with Crippen molar-refractivity contribution < 1.29 is 14.6 Å². The Kier molecular flexibility index (Phi) is 5.61. The molecule has 9 heteroatoms. The summed E-state index contributed by atoms with van der Waals surface area (Å²) in [5.41, 5.74) is 9.23. The van der Waals surface area contributed by atoms with Crippen molar-refractivity contribution in [2.45, 2.75) is 44.3 Å². The molecule has 0 bridgehead atoms. The third kappa shape index (κ3) is 4.22. The van der Waals surface area contributed by atoms with Gasteiger partial charge in [0.1, 0.15) is 17.5 Å². The minimum Gasteiger partial charge on any atom is -0.483 e. The minimum absolute atomic E-state index is 0.0911. The summed E-state index contributed by atoms with van der Waals surface area (Å²) in [6, 6.07) is 7.85. The highest BCUT2D eigenvalue weighted by Gasteiger charge is 2.34. The van der Waals surface area contributed by atoms with Gasteiger partial charge in [0.25, 0.3) is 6.01 Å². The Morgan fingerprint density at radius 3 is 2.62 bits per heavy atom. The van der Waals surface area contributed by atoms with E-state index < -0.39 is 0 Å². The first kappa shape index (κ1) is 21.3. The number of nitrogens with two attached hydrogens (primary N) is 1. The Bertz CT molecular complexity index is 1120. The molecule has 1 aliphatic carbocycles. The maximum atomic E-state index is 9.31. The second kappa shape index (κ2) is 8.42. The second-order valence-electron chi connectivity index (χ2n) is 9.08. The fourth-order valence-electron chi connectivity index (χ4n) is 4.35. The number of nitrogen functional groups attached to an aromatic ring is 1. The summed E-state index contributed by atoms with van der Waals surface area (Å²) in [7, 11) is 0. The van der Waals surface area contributed by atoms with Crippen LogP contribution in [0.4, 0.5) is 5.69 Å². The Morgan fingerprint density at radius 2 is 1.97 bits per heavy atom. The van der Waals surface area contributed by atoms with Gasteiger partial charge in [0.05, 0.1) is 21.9 Å². The number of H-pyrrole nitrogens is 1. The predicted octanol–water partition coefficient (Wildman–Crippen LogP) is 3.53. The predicted molar refractivity (Wildman–Crippen MR) is 124 cm³/mol. The van der Waals surface area contributed by atoms with Crippen molar-refractivity contribution in [2.75, 3.05) is 25.4 Å². The molecule has 2 aliphatic rings. The number of aromatic nitrogens is 3. The van der Waals surface area contributed by atoms with Crippen LogP contribution in [0.25, 0.3) is 22.4 Å². The Balaban J connectivity index is 1.35. The molecule has 170 valence electrons. The Hall–Kier alpha value is -2.55. The third-order valence-corrected chi connectivity index (χ3v) is 6.66. The smallest absolute Gasteiger partial charge is 0.296 e. The normalized spacial score (nSPS) is 22.5. The van der Waals surface area contributed by atoms with E-state index in [0.717, 1.165) is 49.9 Å². The SMILES string of the molecule is CC1(Oc2ccc(-c3nc4nc(O[C@H]5CC[C@H](CO)CC5)[nH]c4cc3Cl)cc2N)CNC1. The van der Waals surface area contributed by atoms with Gasteiger partial charge >= 0.3 is 0 Å². The number of anilines is 1. The van der Waals surface area contributed by atoms with Gasteiger partial charge in [0.15, 0.2) is 5.65 Å². The van der Waals surface area contributed by atoms with Crippen molar-refractivity contribution in [2.24, 2.45) is 5.92 Å². The number of halogens is 1. The van der Waals surface area contributed by atoms with E-state index in [0.29, 0.717) is 39.7 Å². The molecule has 2 aromatic heterocycles. The number of pyridine rings is 1. The molecular weight excluding hydrogens is 430 g/mol. The monoisotopic (exact) mass is 457 g/mol. The number of fused-ring (bicyclic) bond motifs is 1. The molecule has 0 unspecified atom stereocenters. The van der Waals surface area contributed by atoms with Crippen LogP contribution in [0.15, 0.2) is 24.3 Å².